The SMILES string of the molecule is CCCCCCC(O)C/C=C\CCCCCCCC(=O)OC(CC=CCCCCCCCC(=O)O)CCCCCC. The molecule has 5 heteroatoms. The Balaban J connectivity index is 3.96. The Morgan fingerprint density at radius 3 is 1.66 bits per heavy atom. The largest absolute Gasteiger partial charge is 0.481 e. The van der Waals surface area contributed by atoms with Crippen LogP contribution >= 0.6 is 0 Å². The number of allylic oxidation sites excluding steroid dienone is 2. The Morgan fingerprint density at radius 2 is 1.07 bits per heavy atom. The summed E-state index contributed by atoms with van der Waals surface area (Å²) >= 11 is 0. The van der Waals surface area contributed by atoms with Gasteiger partial charge in [0, 0.05) is 19.3 Å². The van der Waals surface area contributed by atoms with Crippen LogP contribution in [0.15, 0.2) is 24.3 Å². The van der Waals surface area contributed by atoms with Crippen molar-refractivity contribution >= 4 is 11.9 Å². The van der Waals surface area contributed by atoms with E-state index >= 15 is 0 Å². The molecule has 0 amide bonds. The number of rotatable bonds is 31. The van der Waals surface area contributed by atoms with Crippen molar-refractivity contribution in [1.29, 1.82) is 0 Å². The zero-order chi connectivity index (χ0) is 30.2. The molecule has 2 unspecified atom stereocenters. The molecule has 5 nitrogen and oxygen atoms in total. The van der Waals surface area contributed by atoms with E-state index in [0.717, 1.165) is 103 Å². The molecule has 0 aliphatic heterocycles. The number of aliphatic hydroxyl groups is 1. The Morgan fingerprint density at radius 1 is 0.585 bits per heavy atom. The van der Waals surface area contributed by atoms with Gasteiger partial charge in [-0.25, -0.2) is 0 Å². The van der Waals surface area contributed by atoms with Gasteiger partial charge in [-0.3, -0.25) is 9.59 Å². The van der Waals surface area contributed by atoms with Gasteiger partial charge < -0.3 is 14.9 Å². The normalized spacial score (nSPS) is 13.2. The summed E-state index contributed by atoms with van der Waals surface area (Å²) in [5.74, 6) is -0.745. The van der Waals surface area contributed by atoms with Gasteiger partial charge in [0.2, 0.25) is 0 Å². The number of unbranched alkanes of at least 4 members (excludes halogenated alkanes) is 16. The van der Waals surface area contributed by atoms with Crippen LogP contribution < -0.4 is 0 Å². The summed E-state index contributed by atoms with van der Waals surface area (Å²) in [7, 11) is 0. The van der Waals surface area contributed by atoms with Gasteiger partial charge in [0.05, 0.1) is 6.10 Å². The quantitative estimate of drug-likeness (QED) is 0.0485. The maximum absolute atomic E-state index is 12.5. The molecule has 0 radical (unpaired) electrons. The van der Waals surface area contributed by atoms with Gasteiger partial charge in [-0.1, -0.05) is 122 Å². The Hall–Kier alpha value is -1.62. The van der Waals surface area contributed by atoms with Crippen LogP contribution in [-0.2, 0) is 14.3 Å². The van der Waals surface area contributed by atoms with Gasteiger partial charge in [-0.2, -0.15) is 0 Å². The maximum atomic E-state index is 12.5. The standard InChI is InChI=1S/C36H66O5/c1-3-5-7-21-27-33(37)28-22-17-13-9-12-16-20-26-32-36(40)41-34(29-23-8-6-4-2)30-24-18-14-10-11-15-19-25-31-35(38)39/h17-18,22,24,33-34,37H,3-16,19-21,23,25-32H2,1-2H3,(H,38,39)/b22-17-,24-18?. The van der Waals surface area contributed by atoms with Crippen LogP contribution in [0.4, 0.5) is 0 Å². The highest BCUT2D eigenvalue weighted by Crippen LogP contribution is 2.16. The number of carboxylic acids is 1. The number of carboxylic acid groups (broad SMARTS) is 1. The van der Waals surface area contributed by atoms with E-state index in [2.05, 4.69) is 38.2 Å². The number of esters is 1. The highest BCUT2D eigenvalue weighted by Gasteiger charge is 2.13. The topological polar surface area (TPSA) is 83.8 Å². The lowest BCUT2D eigenvalue weighted by molar-refractivity contribution is -0.149. The van der Waals surface area contributed by atoms with Crippen LogP contribution in [0, 0.1) is 0 Å². The highest BCUT2D eigenvalue weighted by molar-refractivity contribution is 5.69. The molecule has 0 aromatic heterocycles. The van der Waals surface area contributed by atoms with E-state index in [-0.39, 0.29) is 24.6 Å². The molecule has 240 valence electrons. The molecule has 0 bridgehead atoms. The number of hydrogen-bond acceptors (Lipinski definition) is 4. The van der Waals surface area contributed by atoms with Crippen molar-refractivity contribution in [2.45, 2.75) is 193 Å². The van der Waals surface area contributed by atoms with E-state index < -0.39 is 5.97 Å². The van der Waals surface area contributed by atoms with Crippen LogP contribution in [0.2, 0.25) is 0 Å². The number of hydrogen-bond donors (Lipinski definition) is 2. The third kappa shape index (κ3) is 31.2. The Kier molecular flexibility index (Phi) is 30.1. The van der Waals surface area contributed by atoms with Crippen LogP contribution in [0.25, 0.3) is 0 Å². The van der Waals surface area contributed by atoms with Crippen molar-refractivity contribution in [3.63, 3.8) is 0 Å². The second kappa shape index (κ2) is 31.3. The van der Waals surface area contributed by atoms with Gasteiger partial charge in [0.15, 0.2) is 0 Å². The predicted molar refractivity (Wildman–Crippen MR) is 173 cm³/mol. The van der Waals surface area contributed by atoms with E-state index in [9.17, 15) is 14.7 Å². The lowest BCUT2D eigenvalue weighted by atomic mass is 10.1. The average molecular weight is 579 g/mol. The lowest BCUT2D eigenvalue weighted by Crippen LogP contribution is -2.17. The minimum Gasteiger partial charge on any atom is -0.481 e. The summed E-state index contributed by atoms with van der Waals surface area (Å²) < 4.78 is 5.88. The van der Waals surface area contributed by atoms with E-state index in [1.165, 1.54) is 51.4 Å². The molecular weight excluding hydrogens is 512 g/mol. The molecule has 0 spiro atoms. The van der Waals surface area contributed by atoms with E-state index in [1.54, 1.807) is 0 Å². The monoisotopic (exact) mass is 578 g/mol. The fourth-order valence-corrected chi connectivity index (χ4v) is 5.06. The fraction of sp³-hybridized carbons (Fsp3) is 0.833. The molecule has 0 fully saturated rings. The number of carbonyl (C=O) groups is 2. The van der Waals surface area contributed by atoms with Crippen LogP contribution in [-0.4, -0.2) is 34.4 Å². The summed E-state index contributed by atoms with van der Waals surface area (Å²) in [6.45, 7) is 4.42. The molecule has 41 heavy (non-hydrogen) atoms. The van der Waals surface area contributed by atoms with Crippen molar-refractivity contribution in [2.24, 2.45) is 0 Å². The maximum Gasteiger partial charge on any atom is 0.306 e. The summed E-state index contributed by atoms with van der Waals surface area (Å²) in [4.78, 5) is 23.0. The highest BCUT2D eigenvalue weighted by atomic mass is 16.5. The number of aliphatic hydroxyl groups excluding tert-OH is 1. The second-order valence-electron chi connectivity index (χ2n) is 11.9. The van der Waals surface area contributed by atoms with Crippen molar-refractivity contribution in [1.82, 2.24) is 0 Å². The lowest BCUT2D eigenvalue weighted by Gasteiger charge is -2.16. The Labute approximate surface area is 253 Å². The van der Waals surface area contributed by atoms with Crippen LogP contribution in [0.3, 0.4) is 0 Å². The smallest absolute Gasteiger partial charge is 0.306 e. The van der Waals surface area contributed by atoms with Gasteiger partial charge in [-0.05, 0) is 64.2 Å². The van der Waals surface area contributed by atoms with E-state index in [4.69, 9.17) is 9.84 Å². The first-order chi connectivity index (χ1) is 20.0. The van der Waals surface area contributed by atoms with Crippen molar-refractivity contribution < 1.29 is 24.5 Å². The summed E-state index contributed by atoms with van der Waals surface area (Å²) in [6.07, 6.45) is 35.2. The molecule has 0 aromatic rings. The van der Waals surface area contributed by atoms with Gasteiger partial charge >= 0.3 is 11.9 Å². The molecular formula is C36H66O5. The first-order valence-corrected chi connectivity index (χ1v) is 17.4. The first-order valence-electron chi connectivity index (χ1n) is 17.4. The van der Waals surface area contributed by atoms with Crippen LogP contribution in [0.1, 0.15) is 181 Å². The van der Waals surface area contributed by atoms with Gasteiger partial charge in [0.25, 0.3) is 0 Å². The minimum absolute atomic E-state index is 0.00623. The molecule has 0 saturated carbocycles. The van der Waals surface area contributed by atoms with E-state index in [1.807, 2.05) is 0 Å². The summed E-state index contributed by atoms with van der Waals surface area (Å²) in [5, 5.41) is 18.7. The molecule has 2 atom stereocenters. The first kappa shape index (κ1) is 39.4. The average Bonchev–Trinajstić information content (AvgIpc) is 2.95. The molecule has 0 aliphatic rings. The van der Waals surface area contributed by atoms with Crippen molar-refractivity contribution in [2.75, 3.05) is 0 Å². The summed E-state index contributed by atoms with van der Waals surface area (Å²) in [5.41, 5.74) is 0. The molecule has 0 heterocycles. The zero-order valence-corrected chi connectivity index (χ0v) is 27.0. The van der Waals surface area contributed by atoms with E-state index in [0.29, 0.717) is 6.42 Å². The number of carbonyl (C=O) groups excluding carboxylic acids is 1. The van der Waals surface area contributed by atoms with Gasteiger partial charge in [-0.15, -0.1) is 0 Å². The zero-order valence-electron chi connectivity index (χ0n) is 27.0. The van der Waals surface area contributed by atoms with Crippen molar-refractivity contribution in [3.8, 4) is 0 Å². The molecule has 0 aromatic carbocycles. The van der Waals surface area contributed by atoms with Crippen molar-refractivity contribution in [3.05, 3.63) is 24.3 Å². The van der Waals surface area contributed by atoms with Crippen LogP contribution in [0.5, 0.6) is 0 Å². The Bertz CT molecular complexity index is 642. The summed E-state index contributed by atoms with van der Waals surface area (Å²) in [6, 6.07) is 0. The minimum atomic E-state index is -0.700. The second-order valence-corrected chi connectivity index (χ2v) is 11.9. The molecule has 2 N–H and O–H groups in total. The third-order valence-electron chi connectivity index (χ3n) is 7.72. The number of aliphatic carboxylic acids is 1. The molecule has 0 saturated heterocycles. The van der Waals surface area contributed by atoms with Gasteiger partial charge in [0.1, 0.15) is 6.10 Å². The fourth-order valence-electron chi connectivity index (χ4n) is 5.06. The third-order valence-corrected chi connectivity index (χ3v) is 7.72. The number of ether oxygens (including phenoxy) is 1. The predicted octanol–water partition coefficient (Wildman–Crippen LogP) is 10.6. The molecule has 0 aliphatic carbocycles. The molecule has 0 rings (SSSR count).